The molecule has 0 N–H and O–H groups in total. The summed E-state index contributed by atoms with van der Waals surface area (Å²) in [5.74, 6) is 1.27. The van der Waals surface area contributed by atoms with Gasteiger partial charge in [0.15, 0.2) is 5.16 Å². The summed E-state index contributed by atoms with van der Waals surface area (Å²) in [6.45, 7) is 3.43. The highest BCUT2D eigenvalue weighted by atomic mass is 32.2. The van der Waals surface area contributed by atoms with Gasteiger partial charge >= 0.3 is 0 Å². The first-order valence-electron chi connectivity index (χ1n) is 9.86. The van der Waals surface area contributed by atoms with Gasteiger partial charge in [-0.2, -0.15) is 0 Å². The summed E-state index contributed by atoms with van der Waals surface area (Å²) in [6, 6.07) is 11.9. The van der Waals surface area contributed by atoms with Gasteiger partial charge < -0.3 is 13.9 Å². The quantitative estimate of drug-likeness (QED) is 0.514. The number of fused-ring (bicyclic) bond motifs is 1. The van der Waals surface area contributed by atoms with Gasteiger partial charge in [-0.25, -0.2) is 4.98 Å². The fourth-order valence-electron chi connectivity index (χ4n) is 3.65. The summed E-state index contributed by atoms with van der Waals surface area (Å²) in [4.78, 5) is 19.8. The van der Waals surface area contributed by atoms with Gasteiger partial charge in [-0.05, 0) is 56.9 Å². The molecular formula is C22H25N3O2S. The molecule has 0 unspecified atom stereocenters. The Morgan fingerprint density at radius 1 is 1.25 bits per heavy atom. The zero-order valence-electron chi connectivity index (χ0n) is 16.1. The van der Waals surface area contributed by atoms with Crippen molar-refractivity contribution in [2.75, 3.05) is 5.75 Å². The van der Waals surface area contributed by atoms with Crippen LogP contribution in [0.4, 0.5) is 0 Å². The number of aryl methyl sites for hydroxylation is 1. The molecule has 5 nitrogen and oxygen atoms in total. The highest BCUT2D eigenvalue weighted by Crippen LogP contribution is 2.27. The van der Waals surface area contributed by atoms with Crippen molar-refractivity contribution in [2.24, 2.45) is 0 Å². The van der Waals surface area contributed by atoms with Gasteiger partial charge in [0.05, 0.1) is 29.6 Å². The predicted octanol–water partition coefficient (Wildman–Crippen LogP) is 5.23. The second-order valence-electron chi connectivity index (χ2n) is 6.92. The van der Waals surface area contributed by atoms with Crippen LogP contribution in [0.3, 0.4) is 0 Å². The minimum absolute atomic E-state index is 0.101. The van der Waals surface area contributed by atoms with Crippen molar-refractivity contribution in [1.29, 1.82) is 0 Å². The Morgan fingerprint density at radius 3 is 2.89 bits per heavy atom. The Morgan fingerprint density at radius 2 is 2.14 bits per heavy atom. The van der Waals surface area contributed by atoms with Crippen LogP contribution in [0.1, 0.15) is 38.4 Å². The lowest BCUT2D eigenvalue weighted by atomic mass is 10.0. The zero-order valence-corrected chi connectivity index (χ0v) is 17.0. The van der Waals surface area contributed by atoms with Gasteiger partial charge in [-0.3, -0.25) is 4.79 Å². The van der Waals surface area contributed by atoms with E-state index in [-0.39, 0.29) is 5.91 Å². The van der Waals surface area contributed by atoms with Gasteiger partial charge in [-0.15, -0.1) is 0 Å². The molecule has 0 atom stereocenters. The van der Waals surface area contributed by atoms with Gasteiger partial charge in [0.1, 0.15) is 5.76 Å². The van der Waals surface area contributed by atoms with E-state index in [1.165, 1.54) is 18.2 Å². The molecule has 4 rings (SSSR count). The van der Waals surface area contributed by atoms with E-state index in [9.17, 15) is 4.79 Å². The van der Waals surface area contributed by atoms with E-state index in [4.69, 9.17) is 9.40 Å². The summed E-state index contributed by atoms with van der Waals surface area (Å²) in [6.07, 6.45) is 8.18. The third-order valence-electron chi connectivity index (χ3n) is 5.07. The third kappa shape index (κ3) is 4.02. The number of benzene rings is 1. The minimum Gasteiger partial charge on any atom is -0.467 e. The van der Waals surface area contributed by atoms with Crippen LogP contribution in [0.5, 0.6) is 0 Å². The molecule has 0 bridgehead atoms. The van der Waals surface area contributed by atoms with Crippen molar-refractivity contribution >= 4 is 28.7 Å². The van der Waals surface area contributed by atoms with Crippen LogP contribution in [0.15, 0.2) is 64.0 Å². The Bertz CT molecular complexity index is 975. The Hall–Kier alpha value is -2.47. The van der Waals surface area contributed by atoms with Gasteiger partial charge in [0, 0.05) is 12.2 Å². The summed E-state index contributed by atoms with van der Waals surface area (Å²) >= 11 is 1.51. The Balaban J connectivity index is 1.52. The molecule has 0 aliphatic heterocycles. The number of amides is 1. The fourth-order valence-corrected chi connectivity index (χ4v) is 4.60. The third-order valence-corrected chi connectivity index (χ3v) is 6.03. The number of carbonyl (C=O) groups excluding carboxylic acids is 1. The van der Waals surface area contributed by atoms with E-state index in [1.807, 2.05) is 35.2 Å². The molecule has 6 heteroatoms. The van der Waals surface area contributed by atoms with Crippen LogP contribution in [-0.2, 0) is 17.9 Å². The largest absolute Gasteiger partial charge is 0.467 e. The maximum atomic E-state index is 13.1. The van der Waals surface area contributed by atoms with Crippen LogP contribution < -0.4 is 0 Å². The monoisotopic (exact) mass is 395 g/mol. The number of allylic oxidation sites excluding steroid dienone is 2. The molecule has 2 aromatic heterocycles. The molecule has 0 fully saturated rings. The summed E-state index contributed by atoms with van der Waals surface area (Å²) < 4.78 is 7.67. The molecule has 0 saturated carbocycles. The van der Waals surface area contributed by atoms with Crippen LogP contribution >= 0.6 is 11.8 Å². The number of hydrogen-bond donors (Lipinski definition) is 0. The highest BCUT2D eigenvalue weighted by Gasteiger charge is 2.22. The number of hydrogen-bond acceptors (Lipinski definition) is 4. The Labute approximate surface area is 169 Å². The number of para-hydroxylation sites is 2. The van der Waals surface area contributed by atoms with E-state index < -0.39 is 0 Å². The molecule has 0 saturated heterocycles. The lowest BCUT2D eigenvalue weighted by Crippen LogP contribution is -2.32. The van der Waals surface area contributed by atoms with Crippen molar-refractivity contribution in [3.8, 4) is 0 Å². The minimum atomic E-state index is 0.101. The van der Waals surface area contributed by atoms with Gasteiger partial charge in [0.2, 0.25) is 5.91 Å². The molecule has 1 aliphatic rings. The van der Waals surface area contributed by atoms with Gasteiger partial charge in [-0.1, -0.05) is 30.0 Å². The lowest BCUT2D eigenvalue weighted by Gasteiger charge is -2.27. The number of carbonyl (C=O) groups is 1. The lowest BCUT2D eigenvalue weighted by molar-refractivity contribution is -0.127. The second-order valence-corrected chi connectivity index (χ2v) is 7.86. The van der Waals surface area contributed by atoms with E-state index in [0.717, 1.165) is 53.5 Å². The SMILES string of the molecule is CCn1c(SCC(=O)N(Cc2ccco2)C2=CCCCC2)nc2ccccc21. The summed E-state index contributed by atoms with van der Waals surface area (Å²) in [5.41, 5.74) is 3.21. The topological polar surface area (TPSA) is 51.3 Å². The number of furan rings is 1. The first kappa shape index (κ1) is 18.9. The Kier molecular flexibility index (Phi) is 5.86. The molecule has 1 amide bonds. The summed E-state index contributed by atoms with van der Waals surface area (Å²) in [5, 5.41) is 0.896. The molecule has 3 aromatic rings. The molecule has 28 heavy (non-hydrogen) atoms. The van der Waals surface area contributed by atoms with Crippen molar-refractivity contribution in [2.45, 2.75) is 50.9 Å². The van der Waals surface area contributed by atoms with Crippen LogP contribution in [-0.4, -0.2) is 26.1 Å². The molecule has 1 aliphatic carbocycles. The molecular weight excluding hydrogens is 370 g/mol. The van der Waals surface area contributed by atoms with E-state index in [0.29, 0.717) is 12.3 Å². The summed E-state index contributed by atoms with van der Waals surface area (Å²) in [7, 11) is 0. The molecule has 0 radical (unpaired) electrons. The maximum absolute atomic E-state index is 13.1. The predicted molar refractivity (Wildman–Crippen MR) is 112 cm³/mol. The van der Waals surface area contributed by atoms with Crippen molar-refractivity contribution in [3.63, 3.8) is 0 Å². The van der Waals surface area contributed by atoms with Crippen LogP contribution in [0.25, 0.3) is 11.0 Å². The highest BCUT2D eigenvalue weighted by molar-refractivity contribution is 7.99. The van der Waals surface area contributed by atoms with Crippen LogP contribution in [0, 0.1) is 0 Å². The normalized spacial score (nSPS) is 14.2. The van der Waals surface area contributed by atoms with Crippen molar-refractivity contribution in [3.05, 3.63) is 60.2 Å². The zero-order chi connectivity index (χ0) is 19.3. The van der Waals surface area contributed by atoms with Crippen molar-refractivity contribution < 1.29 is 9.21 Å². The van der Waals surface area contributed by atoms with E-state index in [2.05, 4.69) is 23.6 Å². The molecule has 146 valence electrons. The van der Waals surface area contributed by atoms with Gasteiger partial charge in [0.25, 0.3) is 0 Å². The first-order valence-corrected chi connectivity index (χ1v) is 10.8. The fraction of sp³-hybridized carbons (Fsp3) is 0.364. The molecule has 0 spiro atoms. The number of imidazole rings is 1. The number of nitrogens with zero attached hydrogens (tertiary/aromatic N) is 3. The smallest absolute Gasteiger partial charge is 0.237 e. The number of thioether (sulfide) groups is 1. The number of rotatable bonds is 7. The maximum Gasteiger partial charge on any atom is 0.237 e. The van der Waals surface area contributed by atoms with E-state index >= 15 is 0 Å². The second kappa shape index (κ2) is 8.69. The first-order chi connectivity index (χ1) is 13.8. The standard InChI is InChI=1S/C22H25N3O2S/c1-2-24-20-13-7-6-12-19(20)23-22(24)28-16-21(26)25(15-18-11-8-14-27-18)17-9-4-3-5-10-17/h6-9,11-14H,2-5,10,15-16H2,1H3. The van der Waals surface area contributed by atoms with E-state index in [1.54, 1.807) is 6.26 Å². The molecule has 2 heterocycles. The van der Waals surface area contributed by atoms with Crippen LogP contribution in [0.2, 0.25) is 0 Å². The average molecular weight is 396 g/mol. The molecule has 1 aromatic carbocycles. The van der Waals surface area contributed by atoms with Crippen molar-refractivity contribution in [1.82, 2.24) is 14.5 Å². The number of aromatic nitrogens is 2. The average Bonchev–Trinajstić information content (AvgIpc) is 3.38.